The molecule has 2 aromatic carbocycles. The Morgan fingerprint density at radius 3 is 2.96 bits per heavy atom. The maximum absolute atomic E-state index is 17.1. The lowest BCUT2D eigenvalue weighted by atomic mass is 9.93. The van der Waals surface area contributed by atoms with Crippen molar-refractivity contribution in [1.82, 2.24) is 25.2 Å². The third-order valence-corrected chi connectivity index (χ3v) is 11.7. The lowest BCUT2D eigenvalue weighted by Crippen LogP contribution is -2.62. The van der Waals surface area contributed by atoms with E-state index in [9.17, 15) is 4.39 Å². The summed E-state index contributed by atoms with van der Waals surface area (Å²) >= 11 is 0. The summed E-state index contributed by atoms with van der Waals surface area (Å²) in [5, 5.41) is 5.31. The molecule has 10 heteroatoms. The van der Waals surface area contributed by atoms with E-state index in [4.69, 9.17) is 30.8 Å². The fourth-order valence-electron chi connectivity index (χ4n) is 9.66. The van der Waals surface area contributed by atoms with E-state index in [0.717, 1.165) is 51.1 Å². The summed E-state index contributed by atoms with van der Waals surface area (Å²) in [5.41, 5.74) is 0.544. The molecule has 8 nitrogen and oxygen atoms in total. The van der Waals surface area contributed by atoms with Gasteiger partial charge < -0.3 is 19.7 Å². The maximum atomic E-state index is 17.1. The lowest BCUT2D eigenvalue weighted by Gasteiger charge is -2.42. The fourth-order valence-corrected chi connectivity index (χ4v) is 9.66. The number of aromatic nitrogens is 3. The molecule has 2 aromatic heterocycles. The van der Waals surface area contributed by atoms with Gasteiger partial charge in [0.05, 0.1) is 17.1 Å². The predicted molar refractivity (Wildman–Crippen MR) is 170 cm³/mol. The Kier molecular flexibility index (Phi) is 5.59. The Bertz CT molecular complexity index is 2010. The third-order valence-electron chi connectivity index (χ3n) is 11.7. The maximum Gasteiger partial charge on any atom is 0.319 e. The van der Waals surface area contributed by atoms with E-state index in [0.29, 0.717) is 46.2 Å². The summed E-state index contributed by atoms with van der Waals surface area (Å²) in [6.07, 6.45) is 12.3. The van der Waals surface area contributed by atoms with Gasteiger partial charge in [-0.1, -0.05) is 30.2 Å². The van der Waals surface area contributed by atoms with E-state index in [1.807, 2.05) is 13.0 Å². The zero-order chi connectivity index (χ0) is 30.9. The van der Waals surface area contributed by atoms with Crippen LogP contribution in [0.1, 0.15) is 51.0 Å². The number of rotatable bonds is 4. The minimum atomic E-state index is -0.637. The topological polar surface area (TPSA) is 75.6 Å². The Morgan fingerprint density at radius 1 is 1.15 bits per heavy atom. The van der Waals surface area contributed by atoms with Gasteiger partial charge in [-0.25, -0.2) is 13.8 Å². The number of nitrogens with zero attached hydrogens (tertiary/aromatic N) is 5. The number of nitrogens with one attached hydrogen (secondary N) is 1. The Hall–Kier alpha value is -4.07. The largest absolute Gasteiger partial charge is 0.472 e. The van der Waals surface area contributed by atoms with Crippen molar-refractivity contribution in [2.24, 2.45) is 5.92 Å². The van der Waals surface area contributed by atoms with E-state index in [2.05, 4.69) is 21.0 Å². The molecule has 6 aliphatic rings. The third kappa shape index (κ3) is 3.70. The molecular formula is C36H34F2N6O2. The van der Waals surface area contributed by atoms with Gasteiger partial charge in [-0.2, -0.15) is 9.97 Å². The van der Waals surface area contributed by atoms with Gasteiger partial charge in [0.1, 0.15) is 40.9 Å². The normalized spacial score (nSPS) is 32.1. The van der Waals surface area contributed by atoms with Gasteiger partial charge >= 0.3 is 6.01 Å². The molecule has 0 radical (unpaired) electrons. The van der Waals surface area contributed by atoms with Gasteiger partial charge in [0.25, 0.3) is 0 Å². The van der Waals surface area contributed by atoms with Gasteiger partial charge in [-0.05, 0) is 69.4 Å². The summed E-state index contributed by atoms with van der Waals surface area (Å²) in [4.78, 5) is 19.5. The van der Waals surface area contributed by atoms with Gasteiger partial charge in [0.2, 0.25) is 5.88 Å². The lowest BCUT2D eigenvalue weighted by molar-refractivity contribution is 0.0866. The van der Waals surface area contributed by atoms with E-state index in [-0.39, 0.29) is 52.4 Å². The Morgan fingerprint density at radius 2 is 2.07 bits per heavy atom. The average Bonchev–Trinajstić information content (AvgIpc) is 3.38. The first-order valence-corrected chi connectivity index (χ1v) is 16.6. The molecule has 234 valence electrons. The van der Waals surface area contributed by atoms with Crippen LogP contribution >= 0.6 is 0 Å². The number of pyridine rings is 1. The van der Waals surface area contributed by atoms with Gasteiger partial charge in [-0.15, -0.1) is 6.42 Å². The number of anilines is 1. The summed E-state index contributed by atoms with van der Waals surface area (Å²) in [5.74, 6) is 2.92. The van der Waals surface area contributed by atoms with Crippen LogP contribution in [0.15, 0.2) is 30.3 Å². The number of hydrogen-bond donors (Lipinski definition) is 1. The Balaban J connectivity index is 1.17. The molecule has 7 heterocycles. The van der Waals surface area contributed by atoms with Crippen LogP contribution in [0.3, 0.4) is 0 Å². The van der Waals surface area contributed by atoms with Crippen molar-refractivity contribution in [1.29, 1.82) is 0 Å². The summed E-state index contributed by atoms with van der Waals surface area (Å²) < 4.78 is 45.2. The number of terminal acetylenes is 1. The minimum Gasteiger partial charge on any atom is -0.472 e. The van der Waals surface area contributed by atoms with Crippen LogP contribution in [-0.4, -0.2) is 75.4 Å². The minimum absolute atomic E-state index is 0.0000934. The van der Waals surface area contributed by atoms with Gasteiger partial charge in [-0.3, -0.25) is 4.90 Å². The van der Waals surface area contributed by atoms with Gasteiger partial charge in [0, 0.05) is 35.6 Å². The molecule has 46 heavy (non-hydrogen) atoms. The van der Waals surface area contributed by atoms with Crippen molar-refractivity contribution >= 4 is 27.5 Å². The summed E-state index contributed by atoms with van der Waals surface area (Å²) in [6.45, 7) is 4.34. The van der Waals surface area contributed by atoms with Gasteiger partial charge in [0.15, 0.2) is 5.82 Å². The number of benzene rings is 2. The quantitative estimate of drug-likeness (QED) is 0.312. The smallest absolute Gasteiger partial charge is 0.319 e. The van der Waals surface area contributed by atoms with Crippen molar-refractivity contribution in [2.45, 2.75) is 81.3 Å². The standard InChI is InChI=1S/C36H34F2N6O2/c1-3-22-24(37)10-8-19-6-4-7-23(27(19)22)30-29(38)31-28-33(43-16-21-9-11-25(39-21)32(43)18(2)46-34(28)40-30)42-35(41-31)45-17-36-12-5-13-44(36)26-14-20(26)15-36/h1,4,6-8,10,18,20-21,25-26,32,39H,5,9,11-17H2,2H3/t18-,20+,21+,25-,26+,32+,36?/m0/s1. The van der Waals surface area contributed by atoms with Crippen LogP contribution in [0.25, 0.3) is 32.9 Å². The van der Waals surface area contributed by atoms with E-state index < -0.39 is 11.6 Å². The second kappa shape index (κ2) is 9.49. The molecule has 0 spiro atoms. The van der Waals surface area contributed by atoms with E-state index in [1.165, 1.54) is 12.5 Å². The van der Waals surface area contributed by atoms with Crippen molar-refractivity contribution in [3.63, 3.8) is 0 Å². The summed E-state index contributed by atoms with van der Waals surface area (Å²) in [7, 11) is 0. The number of halogens is 2. The number of piperidine rings is 1. The highest BCUT2D eigenvalue weighted by Gasteiger charge is 2.61. The zero-order valence-electron chi connectivity index (χ0n) is 25.6. The first-order chi connectivity index (χ1) is 22.4. The molecule has 1 saturated carbocycles. The highest BCUT2D eigenvalue weighted by molar-refractivity contribution is 6.03. The van der Waals surface area contributed by atoms with Crippen LogP contribution in [-0.2, 0) is 0 Å². The SMILES string of the molecule is C#Cc1c(F)ccc2cccc(-c3nc4c5c(nc(OCC67CCCN6[C@@H]6C[C@@H]6C7)nc5c3F)N3C[C@H]5CC[C@H](N5)[C@H]3[C@H](C)O4)c12. The van der Waals surface area contributed by atoms with E-state index >= 15 is 4.39 Å². The van der Waals surface area contributed by atoms with Crippen LogP contribution in [0.5, 0.6) is 11.9 Å². The molecular weight excluding hydrogens is 586 g/mol. The second-order valence-corrected chi connectivity index (χ2v) is 14.2. The van der Waals surface area contributed by atoms with Crippen molar-refractivity contribution in [3.8, 4) is 35.5 Å². The fraction of sp³-hybridized carbons (Fsp3) is 0.472. The first-order valence-electron chi connectivity index (χ1n) is 16.6. The molecule has 4 aromatic rings. The Labute approximate surface area is 265 Å². The zero-order valence-corrected chi connectivity index (χ0v) is 25.6. The number of ether oxygens (including phenoxy) is 2. The van der Waals surface area contributed by atoms with Crippen molar-refractivity contribution in [2.75, 3.05) is 24.6 Å². The summed E-state index contributed by atoms with van der Waals surface area (Å²) in [6, 6.07) is 9.66. The second-order valence-electron chi connectivity index (χ2n) is 14.2. The first kappa shape index (κ1) is 27.1. The highest BCUT2D eigenvalue weighted by atomic mass is 19.1. The highest BCUT2D eigenvalue weighted by Crippen LogP contribution is 2.57. The molecule has 10 rings (SSSR count). The molecule has 1 aliphatic carbocycles. The van der Waals surface area contributed by atoms with Crippen molar-refractivity contribution < 1.29 is 18.3 Å². The number of piperazine rings is 1. The molecule has 1 N–H and O–H groups in total. The average molecular weight is 621 g/mol. The number of hydrogen-bond acceptors (Lipinski definition) is 8. The van der Waals surface area contributed by atoms with Crippen LogP contribution in [0.2, 0.25) is 0 Å². The molecule has 4 saturated heterocycles. The van der Waals surface area contributed by atoms with Crippen LogP contribution < -0.4 is 19.7 Å². The monoisotopic (exact) mass is 620 g/mol. The van der Waals surface area contributed by atoms with E-state index in [1.54, 1.807) is 18.2 Å². The molecule has 5 aliphatic heterocycles. The number of fused-ring (bicyclic) bond motifs is 9. The molecule has 1 unspecified atom stereocenters. The molecule has 7 atom stereocenters. The van der Waals surface area contributed by atoms with Crippen LogP contribution in [0, 0.1) is 29.9 Å². The molecule has 5 fully saturated rings. The molecule has 0 amide bonds. The van der Waals surface area contributed by atoms with Crippen LogP contribution in [0.4, 0.5) is 14.6 Å². The van der Waals surface area contributed by atoms with Crippen molar-refractivity contribution in [3.05, 3.63) is 47.5 Å². The predicted octanol–water partition coefficient (Wildman–Crippen LogP) is 5.20. The molecule has 2 bridgehead atoms.